The Hall–Kier alpha value is -3.68. The largest absolute Gasteiger partial charge is 0.349 e. The maximum absolute atomic E-state index is 12.5. The van der Waals surface area contributed by atoms with Gasteiger partial charge in [0, 0.05) is 6.42 Å². The van der Waals surface area contributed by atoms with E-state index in [0.29, 0.717) is 5.82 Å². The van der Waals surface area contributed by atoms with Crippen molar-refractivity contribution in [3.63, 3.8) is 0 Å². The number of rotatable bonds is 7. The Morgan fingerprint density at radius 3 is 2.62 bits per heavy atom. The minimum atomic E-state index is -0.678. The molecule has 8 heteroatoms. The van der Waals surface area contributed by atoms with Gasteiger partial charge in [0.15, 0.2) is 0 Å². The Kier molecular flexibility index (Phi) is 5.24. The fraction of sp³-hybridized carbons (Fsp3) is 0.238. The van der Waals surface area contributed by atoms with Crippen LogP contribution >= 0.6 is 0 Å². The number of imidazole rings is 1. The van der Waals surface area contributed by atoms with Gasteiger partial charge in [0.1, 0.15) is 11.9 Å². The van der Waals surface area contributed by atoms with Crippen LogP contribution in [-0.2, 0) is 22.7 Å². The SMILES string of the molecule is O=C(CC[C@@H]1NC(=O)N(Cc2ccccc2)C1=O)NCc1nc2ccccc2[nH]1. The lowest BCUT2D eigenvalue weighted by Crippen LogP contribution is -2.32. The van der Waals surface area contributed by atoms with Crippen molar-refractivity contribution in [1.29, 1.82) is 0 Å². The van der Waals surface area contributed by atoms with Crippen LogP contribution < -0.4 is 10.6 Å². The standard InChI is InChI=1S/C21H21N5O3/c27-19(22-12-18-23-15-8-4-5-9-16(15)24-18)11-10-17-20(28)26(21(29)25-17)13-14-6-2-1-3-7-14/h1-9,17H,10-13H2,(H,22,27)(H,23,24)(H,25,29)/t17-/m0/s1. The number of carbonyl (C=O) groups is 3. The van der Waals surface area contributed by atoms with Gasteiger partial charge in [0.05, 0.1) is 24.1 Å². The van der Waals surface area contributed by atoms with Crippen molar-refractivity contribution in [2.24, 2.45) is 0 Å². The number of imide groups is 1. The van der Waals surface area contributed by atoms with E-state index in [-0.39, 0.29) is 37.7 Å². The molecular formula is C21H21N5O3. The summed E-state index contributed by atoms with van der Waals surface area (Å²) in [6.45, 7) is 0.499. The summed E-state index contributed by atoms with van der Waals surface area (Å²) in [6, 6.07) is 15.8. The normalized spacial score (nSPS) is 16.3. The van der Waals surface area contributed by atoms with Gasteiger partial charge in [0.2, 0.25) is 5.91 Å². The Balaban J connectivity index is 1.26. The van der Waals surface area contributed by atoms with Crippen LogP contribution in [0.1, 0.15) is 24.2 Å². The summed E-state index contributed by atoms with van der Waals surface area (Å²) < 4.78 is 0. The number of H-pyrrole nitrogens is 1. The van der Waals surface area contributed by atoms with Gasteiger partial charge in [-0.05, 0) is 24.1 Å². The van der Waals surface area contributed by atoms with Crippen LogP contribution in [0.3, 0.4) is 0 Å². The molecule has 1 aliphatic heterocycles. The van der Waals surface area contributed by atoms with Gasteiger partial charge in [0.25, 0.3) is 5.91 Å². The number of para-hydroxylation sites is 2. The molecule has 1 aromatic heterocycles. The fourth-order valence-corrected chi connectivity index (χ4v) is 3.32. The van der Waals surface area contributed by atoms with Crippen molar-refractivity contribution in [3.8, 4) is 0 Å². The first-order valence-corrected chi connectivity index (χ1v) is 9.46. The zero-order chi connectivity index (χ0) is 20.2. The molecule has 0 spiro atoms. The topological polar surface area (TPSA) is 107 Å². The molecule has 8 nitrogen and oxygen atoms in total. The molecule has 1 atom stereocenters. The third kappa shape index (κ3) is 4.26. The highest BCUT2D eigenvalue weighted by atomic mass is 16.2. The maximum atomic E-state index is 12.5. The highest BCUT2D eigenvalue weighted by molar-refractivity contribution is 6.04. The number of amides is 4. The number of aromatic amines is 1. The van der Waals surface area contributed by atoms with Crippen molar-refractivity contribution in [1.82, 2.24) is 25.5 Å². The van der Waals surface area contributed by atoms with Crippen molar-refractivity contribution >= 4 is 28.9 Å². The van der Waals surface area contributed by atoms with E-state index in [0.717, 1.165) is 16.6 Å². The molecule has 3 aromatic rings. The second-order valence-corrected chi connectivity index (χ2v) is 6.93. The number of hydrogen-bond acceptors (Lipinski definition) is 4. The molecule has 148 valence electrons. The zero-order valence-electron chi connectivity index (χ0n) is 15.7. The lowest BCUT2D eigenvalue weighted by Gasteiger charge is -2.13. The molecule has 0 saturated carbocycles. The maximum Gasteiger partial charge on any atom is 0.325 e. The monoisotopic (exact) mass is 391 g/mol. The number of nitrogens with zero attached hydrogens (tertiary/aromatic N) is 2. The molecular weight excluding hydrogens is 370 g/mol. The molecule has 1 saturated heterocycles. The third-order valence-corrected chi connectivity index (χ3v) is 4.84. The van der Waals surface area contributed by atoms with Gasteiger partial charge >= 0.3 is 6.03 Å². The summed E-state index contributed by atoms with van der Waals surface area (Å²) >= 11 is 0. The molecule has 0 bridgehead atoms. The first-order chi connectivity index (χ1) is 14.1. The van der Waals surface area contributed by atoms with Gasteiger partial charge in [-0.25, -0.2) is 9.78 Å². The molecule has 0 unspecified atom stereocenters. The van der Waals surface area contributed by atoms with E-state index in [1.54, 1.807) is 0 Å². The average Bonchev–Trinajstić information content (AvgIpc) is 3.27. The summed E-state index contributed by atoms with van der Waals surface area (Å²) in [4.78, 5) is 45.5. The number of aromatic nitrogens is 2. The third-order valence-electron chi connectivity index (χ3n) is 4.84. The van der Waals surface area contributed by atoms with Gasteiger partial charge in [-0.15, -0.1) is 0 Å². The van der Waals surface area contributed by atoms with Crippen molar-refractivity contribution in [3.05, 3.63) is 66.0 Å². The summed E-state index contributed by atoms with van der Waals surface area (Å²) in [6.07, 6.45) is 0.387. The summed E-state index contributed by atoms with van der Waals surface area (Å²) in [5.74, 6) is 0.164. The molecule has 1 aliphatic rings. The number of benzene rings is 2. The molecule has 0 radical (unpaired) electrons. The average molecular weight is 391 g/mol. The molecule has 2 aromatic carbocycles. The van der Waals surface area contributed by atoms with Crippen LogP contribution in [0.5, 0.6) is 0 Å². The van der Waals surface area contributed by atoms with Gasteiger partial charge in [-0.3, -0.25) is 14.5 Å². The van der Waals surface area contributed by atoms with Gasteiger partial charge in [-0.2, -0.15) is 0 Å². The highest BCUT2D eigenvalue weighted by Crippen LogP contribution is 2.15. The van der Waals surface area contributed by atoms with Crippen LogP contribution in [0.15, 0.2) is 54.6 Å². The van der Waals surface area contributed by atoms with Crippen LogP contribution in [0.4, 0.5) is 4.79 Å². The molecule has 0 aliphatic carbocycles. The van der Waals surface area contributed by atoms with Gasteiger partial charge in [-0.1, -0.05) is 42.5 Å². The second kappa shape index (κ2) is 8.14. The molecule has 3 N–H and O–H groups in total. The number of urea groups is 1. The minimum Gasteiger partial charge on any atom is -0.349 e. The fourth-order valence-electron chi connectivity index (χ4n) is 3.32. The van der Waals surface area contributed by atoms with Crippen molar-refractivity contribution < 1.29 is 14.4 Å². The number of hydrogen-bond donors (Lipinski definition) is 3. The van der Waals surface area contributed by atoms with E-state index in [9.17, 15) is 14.4 Å². The molecule has 4 amide bonds. The molecule has 4 rings (SSSR count). The minimum absolute atomic E-state index is 0.135. The summed E-state index contributed by atoms with van der Waals surface area (Å²) in [5.41, 5.74) is 2.63. The molecule has 29 heavy (non-hydrogen) atoms. The van der Waals surface area contributed by atoms with E-state index in [2.05, 4.69) is 20.6 Å². The summed E-state index contributed by atoms with van der Waals surface area (Å²) in [5, 5.41) is 5.45. The zero-order valence-corrected chi connectivity index (χ0v) is 15.7. The van der Waals surface area contributed by atoms with E-state index in [1.807, 2.05) is 54.6 Å². The number of fused-ring (bicyclic) bond motifs is 1. The first-order valence-electron chi connectivity index (χ1n) is 9.46. The van der Waals surface area contributed by atoms with Gasteiger partial charge < -0.3 is 15.6 Å². The van der Waals surface area contributed by atoms with E-state index in [1.165, 1.54) is 4.90 Å². The molecule has 1 fully saturated rings. The quantitative estimate of drug-likeness (QED) is 0.536. The summed E-state index contributed by atoms with van der Waals surface area (Å²) in [7, 11) is 0. The lowest BCUT2D eigenvalue weighted by molar-refractivity contribution is -0.128. The first kappa shape index (κ1) is 18.7. The Morgan fingerprint density at radius 1 is 1.07 bits per heavy atom. The van der Waals surface area contributed by atoms with E-state index in [4.69, 9.17) is 0 Å². The Labute approximate surface area is 167 Å². The predicted molar refractivity (Wildman–Crippen MR) is 106 cm³/mol. The predicted octanol–water partition coefficient (Wildman–Crippen LogP) is 2.08. The number of nitrogens with one attached hydrogen (secondary N) is 3. The smallest absolute Gasteiger partial charge is 0.325 e. The molecule has 2 heterocycles. The van der Waals surface area contributed by atoms with E-state index >= 15 is 0 Å². The number of carbonyl (C=O) groups excluding carboxylic acids is 3. The van der Waals surface area contributed by atoms with Crippen LogP contribution in [0, 0.1) is 0 Å². The second-order valence-electron chi connectivity index (χ2n) is 6.93. The van der Waals surface area contributed by atoms with Crippen molar-refractivity contribution in [2.45, 2.75) is 32.0 Å². The lowest BCUT2D eigenvalue weighted by atomic mass is 10.1. The van der Waals surface area contributed by atoms with Crippen LogP contribution in [-0.4, -0.2) is 38.8 Å². The van der Waals surface area contributed by atoms with Crippen molar-refractivity contribution in [2.75, 3.05) is 0 Å². The van der Waals surface area contributed by atoms with Crippen LogP contribution in [0.2, 0.25) is 0 Å². The Bertz CT molecular complexity index is 1010. The van der Waals surface area contributed by atoms with Crippen LogP contribution in [0.25, 0.3) is 11.0 Å². The Morgan fingerprint density at radius 2 is 1.83 bits per heavy atom. The highest BCUT2D eigenvalue weighted by Gasteiger charge is 2.37. The van der Waals surface area contributed by atoms with E-state index < -0.39 is 12.1 Å².